The highest BCUT2D eigenvalue weighted by atomic mass is 19.1. The lowest BCUT2D eigenvalue weighted by Crippen LogP contribution is -2.31. The molecule has 0 aliphatic carbocycles. The molecule has 34 heavy (non-hydrogen) atoms. The number of halogens is 1. The van der Waals surface area contributed by atoms with Gasteiger partial charge in [0.25, 0.3) is 5.91 Å². The molecule has 174 valence electrons. The summed E-state index contributed by atoms with van der Waals surface area (Å²) in [5.74, 6) is 0.0395. The van der Waals surface area contributed by atoms with Gasteiger partial charge in [-0.3, -0.25) is 4.79 Å². The third kappa shape index (κ3) is 4.86. The summed E-state index contributed by atoms with van der Waals surface area (Å²) >= 11 is 0. The lowest BCUT2D eigenvalue weighted by atomic mass is 10.1. The Morgan fingerprint density at radius 1 is 0.882 bits per heavy atom. The molecule has 1 heterocycles. The summed E-state index contributed by atoms with van der Waals surface area (Å²) in [6.45, 7) is 2.73. The maximum Gasteiger partial charge on any atom is 0.257 e. The van der Waals surface area contributed by atoms with E-state index in [0.717, 1.165) is 28.3 Å². The highest BCUT2D eigenvalue weighted by Crippen LogP contribution is 2.29. The van der Waals surface area contributed by atoms with Crippen molar-refractivity contribution in [3.05, 3.63) is 113 Å². The molecule has 0 atom stereocenters. The van der Waals surface area contributed by atoms with Crippen LogP contribution in [0, 0.1) is 5.82 Å². The van der Waals surface area contributed by atoms with Crippen molar-refractivity contribution < 1.29 is 9.18 Å². The number of carbonyl (C=O) groups is 1. The fourth-order valence-corrected chi connectivity index (χ4v) is 4.14. The first kappa shape index (κ1) is 23.2. The van der Waals surface area contributed by atoms with Crippen LogP contribution in [0.1, 0.15) is 34.1 Å². The van der Waals surface area contributed by atoms with Gasteiger partial charge in [0.15, 0.2) is 0 Å². The van der Waals surface area contributed by atoms with Gasteiger partial charge in [0.1, 0.15) is 11.6 Å². The van der Waals surface area contributed by atoms with Gasteiger partial charge in [-0.1, -0.05) is 67.6 Å². The fourth-order valence-electron chi connectivity index (χ4n) is 4.14. The van der Waals surface area contributed by atoms with Gasteiger partial charge in [-0.15, -0.1) is 0 Å². The molecule has 0 aliphatic heterocycles. The summed E-state index contributed by atoms with van der Waals surface area (Å²) in [5, 5.41) is 4.89. The number of amides is 1. The highest BCUT2D eigenvalue weighted by molar-refractivity contribution is 5.94. The van der Waals surface area contributed by atoms with Crippen LogP contribution < -0.4 is 4.90 Å². The highest BCUT2D eigenvalue weighted by Gasteiger charge is 2.26. The van der Waals surface area contributed by atoms with Crippen LogP contribution in [-0.2, 0) is 19.5 Å². The van der Waals surface area contributed by atoms with E-state index in [4.69, 9.17) is 5.10 Å². The second-order valence-corrected chi connectivity index (χ2v) is 8.37. The molecule has 1 amide bonds. The number of para-hydroxylation sites is 1. The lowest BCUT2D eigenvalue weighted by Gasteiger charge is -2.25. The van der Waals surface area contributed by atoms with Gasteiger partial charge in [-0.25, -0.2) is 9.07 Å². The first-order chi connectivity index (χ1) is 16.5. The standard InChI is InChI=1S/C28H29FN4O/c1-4-26-24(27(31(2)3)33(30-26)22-15-9-6-10-16-22)20-32(19-21-13-7-5-8-14-21)28(34)23-17-11-12-18-25(23)29/h5-18H,4,19-20H2,1-3H3. The van der Waals surface area contributed by atoms with Crippen molar-refractivity contribution in [3.63, 3.8) is 0 Å². The molecular formula is C28H29FN4O. The minimum absolute atomic E-state index is 0.0679. The Bertz CT molecular complexity index is 1250. The third-order valence-electron chi connectivity index (χ3n) is 5.76. The van der Waals surface area contributed by atoms with E-state index in [9.17, 15) is 9.18 Å². The van der Waals surface area contributed by atoms with Crippen molar-refractivity contribution in [1.29, 1.82) is 0 Å². The normalized spacial score (nSPS) is 10.8. The Morgan fingerprint density at radius 3 is 2.12 bits per heavy atom. The molecule has 6 heteroatoms. The van der Waals surface area contributed by atoms with Gasteiger partial charge in [0.05, 0.1) is 23.5 Å². The van der Waals surface area contributed by atoms with Crippen LogP contribution in [0.2, 0.25) is 0 Å². The summed E-state index contributed by atoms with van der Waals surface area (Å²) in [5.41, 5.74) is 3.86. The summed E-state index contributed by atoms with van der Waals surface area (Å²) in [7, 11) is 3.94. The van der Waals surface area contributed by atoms with Crippen LogP contribution in [0.3, 0.4) is 0 Å². The molecule has 0 saturated carbocycles. The van der Waals surface area contributed by atoms with Crippen LogP contribution in [0.4, 0.5) is 10.2 Å². The molecule has 0 bridgehead atoms. The predicted molar refractivity (Wildman–Crippen MR) is 134 cm³/mol. The van der Waals surface area contributed by atoms with Gasteiger partial charge in [0.2, 0.25) is 0 Å². The maximum absolute atomic E-state index is 14.6. The average molecular weight is 457 g/mol. The van der Waals surface area contributed by atoms with Gasteiger partial charge in [0, 0.05) is 26.2 Å². The van der Waals surface area contributed by atoms with Gasteiger partial charge in [-0.2, -0.15) is 5.10 Å². The first-order valence-electron chi connectivity index (χ1n) is 11.4. The molecule has 3 aromatic carbocycles. The van der Waals surface area contributed by atoms with Crippen molar-refractivity contribution in [2.45, 2.75) is 26.4 Å². The molecule has 0 spiro atoms. The monoisotopic (exact) mass is 456 g/mol. The lowest BCUT2D eigenvalue weighted by molar-refractivity contribution is 0.0725. The van der Waals surface area contributed by atoms with Crippen molar-refractivity contribution in [3.8, 4) is 5.69 Å². The number of carbonyl (C=O) groups excluding carboxylic acids is 1. The Hall–Kier alpha value is -3.93. The van der Waals surface area contributed by atoms with E-state index in [-0.39, 0.29) is 11.5 Å². The Morgan fingerprint density at radius 2 is 1.50 bits per heavy atom. The third-order valence-corrected chi connectivity index (χ3v) is 5.76. The number of hydrogen-bond donors (Lipinski definition) is 0. The van der Waals surface area contributed by atoms with E-state index in [2.05, 4.69) is 6.92 Å². The Labute approximate surface area is 200 Å². The first-order valence-corrected chi connectivity index (χ1v) is 11.4. The minimum Gasteiger partial charge on any atom is -0.362 e. The molecule has 0 fully saturated rings. The average Bonchev–Trinajstić information content (AvgIpc) is 3.23. The summed E-state index contributed by atoms with van der Waals surface area (Å²) in [6.07, 6.45) is 0.711. The zero-order valence-electron chi connectivity index (χ0n) is 19.8. The Kier molecular flexibility index (Phi) is 7.07. The molecule has 1 aromatic heterocycles. The zero-order chi connectivity index (χ0) is 24.1. The Balaban J connectivity index is 1.80. The quantitative estimate of drug-likeness (QED) is 0.352. The van der Waals surface area contributed by atoms with Gasteiger partial charge < -0.3 is 9.80 Å². The maximum atomic E-state index is 14.6. The molecule has 4 aromatic rings. The molecule has 5 nitrogen and oxygen atoms in total. The number of aryl methyl sites for hydroxylation is 1. The summed E-state index contributed by atoms with van der Waals surface area (Å²) < 4.78 is 16.5. The van der Waals surface area contributed by atoms with Crippen molar-refractivity contribution in [1.82, 2.24) is 14.7 Å². The summed E-state index contributed by atoms with van der Waals surface area (Å²) in [4.78, 5) is 17.3. The molecule has 0 N–H and O–H groups in total. The van der Waals surface area contributed by atoms with Gasteiger partial charge >= 0.3 is 0 Å². The molecule has 0 saturated heterocycles. The van der Waals surface area contributed by atoms with Crippen LogP contribution in [0.5, 0.6) is 0 Å². The smallest absolute Gasteiger partial charge is 0.257 e. The van der Waals surface area contributed by atoms with E-state index in [0.29, 0.717) is 19.5 Å². The number of benzene rings is 3. The van der Waals surface area contributed by atoms with E-state index in [1.165, 1.54) is 12.1 Å². The fraction of sp³-hybridized carbons (Fsp3) is 0.214. The molecule has 0 radical (unpaired) electrons. The van der Waals surface area contributed by atoms with Gasteiger partial charge in [-0.05, 0) is 36.2 Å². The molecular weight excluding hydrogens is 427 g/mol. The van der Waals surface area contributed by atoms with Crippen LogP contribution in [-0.4, -0.2) is 34.7 Å². The predicted octanol–water partition coefficient (Wildman–Crippen LogP) is 5.48. The SMILES string of the molecule is CCc1nn(-c2ccccc2)c(N(C)C)c1CN(Cc1ccccc1)C(=O)c1ccccc1F. The van der Waals surface area contributed by atoms with Crippen LogP contribution in [0.15, 0.2) is 84.9 Å². The zero-order valence-corrected chi connectivity index (χ0v) is 19.8. The molecule has 0 unspecified atom stereocenters. The second kappa shape index (κ2) is 10.3. The largest absolute Gasteiger partial charge is 0.362 e. The van der Waals surface area contributed by atoms with E-state index in [1.807, 2.05) is 84.3 Å². The molecule has 0 aliphatic rings. The molecule has 4 rings (SSSR count). The van der Waals surface area contributed by atoms with Crippen molar-refractivity contribution >= 4 is 11.7 Å². The summed E-state index contributed by atoms with van der Waals surface area (Å²) in [6, 6.07) is 25.9. The number of anilines is 1. The van der Waals surface area contributed by atoms with Crippen molar-refractivity contribution in [2.24, 2.45) is 0 Å². The van der Waals surface area contributed by atoms with Crippen LogP contribution >= 0.6 is 0 Å². The number of rotatable bonds is 8. The number of hydrogen-bond acceptors (Lipinski definition) is 3. The van der Waals surface area contributed by atoms with E-state index >= 15 is 0 Å². The van der Waals surface area contributed by atoms with Crippen molar-refractivity contribution in [2.75, 3.05) is 19.0 Å². The van der Waals surface area contributed by atoms with E-state index in [1.54, 1.807) is 17.0 Å². The second-order valence-electron chi connectivity index (χ2n) is 8.37. The van der Waals surface area contributed by atoms with E-state index < -0.39 is 5.82 Å². The van der Waals surface area contributed by atoms with Crippen LogP contribution in [0.25, 0.3) is 5.69 Å². The minimum atomic E-state index is -0.519. The number of nitrogens with zero attached hydrogens (tertiary/aromatic N) is 4. The topological polar surface area (TPSA) is 41.4 Å². The number of aromatic nitrogens is 2.